The van der Waals surface area contributed by atoms with Gasteiger partial charge in [-0.15, -0.1) is 11.8 Å². The molecule has 0 aliphatic carbocycles. The molecule has 24 heavy (non-hydrogen) atoms. The Morgan fingerprint density at radius 2 is 2.21 bits per heavy atom. The van der Waals surface area contributed by atoms with Crippen LogP contribution in [0.1, 0.15) is 12.1 Å². The smallest absolute Gasteiger partial charge is 0.543 e. The van der Waals surface area contributed by atoms with Crippen molar-refractivity contribution in [3.8, 4) is 0 Å². The average Bonchev–Trinajstić information content (AvgIpc) is 3.06. The Bertz CT molecular complexity index is 918. The van der Waals surface area contributed by atoms with E-state index in [4.69, 9.17) is 0 Å². The molecule has 4 rings (SSSR count). The number of carbonyl (C=O) groups excluding carboxylic acids is 2. The maximum atomic E-state index is 12.1. The third kappa shape index (κ3) is 2.57. The topological polar surface area (TPSA) is 112 Å². The fourth-order valence-electron chi connectivity index (χ4n) is 2.83. The second kappa shape index (κ2) is 6.03. The van der Waals surface area contributed by atoms with Crippen molar-refractivity contribution in [2.45, 2.75) is 23.5 Å². The van der Waals surface area contributed by atoms with Crippen LogP contribution in [0.2, 0.25) is 0 Å². The van der Waals surface area contributed by atoms with Crippen molar-refractivity contribution in [3.63, 3.8) is 0 Å². The van der Waals surface area contributed by atoms with Gasteiger partial charge in [-0.3, -0.25) is 9.69 Å². The Balaban J connectivity index is 0.00000169. The van der Waals surface area contributed by atoms with E-state index < -0.39 is 27.1 Å². The first-order valence-electron chi connectivity index (χ1n) is 6.80. The van der Waals surface area contributed by atoms with Gasteiger partial charge in [0.25, 0.3) is 5.91 Å². The number of β-lactam (4-membered cyclic amide) rings is 1. The van der Waals surface area contributed by atoms with Crippen molar-refractivity contribution in [3.05, 3.63) is 28.6 Å². The van der Waals surface area contributed by atoms with Crippen molar-refractivity contribution in [2.24, 2.45) is 0 Å². The molecule has 1 saturated heterocycles. The van der Waals surface area contributed by atoms with Crippen LogP contribution in [0.5, 0.6) is 0 Å². The van der Waals surface area contributed by atoms with Crippen LogP contribution < -0.4 is 34.7 Å². The number of aryl methyl sites for hydroxylation is 1. The molecule has 0 unspecified atom stereocenters. The van der Waals surface area contributed by atoms with Gasteiger partial charge in [-0.2, -0.15) is 0 Å². The summed E-state index contributed by atoms with van der Waals surface area (Å²) < 4.78 is 25.5. The number of carbonyl (C=O) groups is 2. The predicted molar refractivity (Wildman–Crippen MR) is 78.2 cm³/mol. The first kappa shape index (κ1) is 17.7. The first-order chi connectivity index (χ1) is 10.9. The maximum Gasteiger partial charge on any atom is 1.00 e. The molecule has 1 atom stereocenters. The van der Waals surface area contributed by atoms with Crippen LogP contribution in [0.3, 0.4) is 0 Å². The molecule has 4 heterocycles. The summed E-state index contributed by atoms with van der Waals surface area (Å²) in [5.74, 6) is -1.75. The molecule has 0 saturated carbocycles. The van der Waals surface area contributed by atoms with Gasteiger partial charge in [0.2, 0.25) is 15.0 Å². The minimum atomic E-state index is -3.37. The third-order valence-corrected chi connectivity index (χ3v) is 6.69. The Hall–Kier alpha value is -1.07. The molecular formula is C13H10N3NaO5S2. The molecule has 1 amide bonds. The normalized spacial score (nSPS) is 25.4. The van der Waals surface area contributed by atoms with E-state index in [1.54, 1.807) is 10.8 Å². The summed E-state index contributed by atoms with van der Waals surface area (Å²) in [6.45, 7) is 0.569. The van der Waals surface area contributed by atoms with E-state index in [-0.39, 0.29) is 46.2 Å². The van der Waals surface area contributed by atoms with E-state index in [0.717, 1.165) is 4.90 Å². The number of carboxylic acid groups (broad SMARTS) is 1. The molecule has 0 radical (unpaired) electrons. The number of hydrogen-bond acceptors (Lipinski definition) is 7. The summed E-state index contributed by atoms with van der Waals surface area (Å²) in [5, 5.41) is 11.9. The molecule has 3 aliphatic heterocycles. The molecule has 8 nitrogen and oxygen atoms in total. The van der Waals surface area contributed by atoms with E-state index in [0.29, 0.717) is 24.2 Å². The SMILES string of the molecule is O=C([O-])C1=CS[C@@H]2/C(=C\c3cn4c(n3)S(=O)(=O)CCC4)C(=O)N12.[Na+]. The summed E-state index contributed by atoms with van der Waals surface area (Å²) in [5.41, 5.74) is 0.639. The second-order valence-electron chi connectivity index (χ2n) is 5.37. The molecule has 11 heteroatoms. The summed E-state index contributed by atoms with van der Waals surface area (Å²) in [6.07, 6.45) is 3.65. The van der Waals surface area contributed by atoms with Crippen LogP contribution in [0.25, 0.3) is 6.08 Å². The Kier molecular flexibility index (Phi) is 4.45. The number of hydrogen-bond donors (Lipinski definition) is 0. The fourth-order valence-corrected chi connectivity index (χ4v) is 5.38. The Labute approximate surface area is 163 Å². The van der Waals surface area contributed by atoms with E-state index >= 15 is 0 Å². The van der Waals surface area contributed by atoms with E-state index in [1.165, 1.54) is 23.2 Å². The van der Waals surface area contributed by atoms with Crippen LogP contribution in [0.4, 0.5) is 0 Å². The van der Waals surface area contributed by atoms with Gasteiger partial charge >= 0.3 is 29.6 Å². The van der Waals surface area contributed by atoms with Gasteiger partial charge in [0.1, 0.15) is 5.37 Å². The zero-order chi connectivity index (χ0) is 16.4. The van der Waals surface area contributed by atoms with Crippen LogP contribution in [-0.2, 0) is 26.0 Å². The van der Waals surface area contributed by atoms with Crippen LogP contribution in [0, 0.1) is 0 Å². The number of sulfone groups is 1. The summed E-state index contributed by atoms with van der Waals surface area (Å²) in [4.78, 5) is 28.3. The van der Waals surface area contributed by atoms with Crippen LogP contribution >= 0.6 is 11.8 Å². The van der Waals surface area contributed by atoms with Crippen molar-refractivity contribution >= 4 is 39.6 Å². The minimum Gasteiger partial charge on any atom is -0.543 e. The van der Waals surface area contributed by atoms with Gasteiger partial charge in [-0.05, 0) is 17.9 Å². The van der Waals surface area contributed by atoms with Gasteiger partial charge in [-0.25, -0.2) is 13.4 Å². The minimum absolute atomic E-state index is 0. The summed E-state index contributed by atoms with van der Waals surface area (Å²) in [6, 6.07) is 0. The van der Waals surface area contributed by atoms with Crippen molar-refractivity contribution < 1.29 is 52.7 Å². The van der Waals surface area contributed by atoms with Gasteiger partial charge in [0, 0.05) is 12.7 Å². The molecule has 1 aromatic rings. The number of imidazole rings is 1. The molecule has 0 N–H and O–H groups in total. The van der Waals surface area contributed by atoms with Gasteiger partial charge in [0.05, 0.1) is 28.7 Å². The Morgan fingerprint density at radius 1 is 1.46 bits per heavy atom. The third-order valence-electron chi connectivity index (χ3n) is 3.90. The largest absolute Gasteiger partial charge is 1.00 e. The van der Waals surface area contributed by atoms with Crippen molar-refractivity contribution in [1.29, 1.82) is 0 Å². The number of nitrogens with zero attached hydrogens (tertiary/aromatic N) is 3. The number of carboxylic acids is 1. The maximum absolute atomic E-state index is 12.1. The van der Waals surface area contributed by atoms with E-state index in [2.05, 4.69) is 4.98 Å². The molecule has 1 aromatic heterocycles. The molecule has 120 valence electrons. The number of rotatable bonds is 2. The van der Waals surface area contributed by atoms with Gasteiger partial charge in [0.15, 0.2) is 0 Å². The second-order valence-corrected chi connectivity index (χ2v) is 8.33. The average molecular weight is 375 g/mol. The van der Waals surface area contributed by atoms with Crippen LogP contribution in [-0.4, -0.2) is 45.9 Å². The first-order valence-corrected chi connectivity index (χ1v) is 9.40. The van der Waals surface area contributed by atoms with Crippen LogP contribution in [0.15, 0.2) is 28.0 Å². The molecular weight excluding hydrogens is 365 g/mol. The molecule has 3 aliphatic rings. The quantitative estimate of drug-likeness (QED) is 0.294. The number of aliphatic carboxylic acids is 1. The Morgan fingerprint density at radius 3 is 2.88 bits per heavy atom. The van der Waals surface area contributed by atoms with Gasteiger partial charge < -0.3 is 14.5 Å². The standard InChI is InChI=1S/C13H11N3O5S2.Na/c17-10-8(11-16(10)9(6-22-11)12(18)19)4-7-5-15-2-1-3-23(20,21)13(15)14-7;/h4-6,11H,1-3H2,(H,18,19);/q;+1/p-1/b8-4-;/t11-;/m1./s1. The number of thioether (sulfide) groups is 1. The number of aromatic nitrogens is 2. The molecule has 0 aromatic carbocycles. The summed E-state index contributed by atoms with van der Waals surface area (Å²) >= 11 is 1.20. The predicted octanol–water partition coefficient (Wildman–Crippen LogP) is -4.05. The number of fused-ring (bicyclic) bond motifs is 2. The summed E-state index contributed by atoms with van der Waals surface area (Å²) in [7, 11) is -3.37. The van der Waals surface area contributed by atoms with E-state index in [9.17, 15) is 23.1 Å². The monoisotopic (exact) mass is 375 g/mol. The van der Waals surface area contributed by atoms with E-state index in [1.807, 2.05) is 0 Å². The molecule has 0 spiro atoms. The zero-order valence-electron chi connectivity index (χ0n) is 12.6. The molecule has 0 bridgehead atoms. The molecule has 1 fully saturated rings. The van der Waals surface area contributed by atoms with Gasteiger partial charge in [-0.1, -0.05) is 0 Å². The van der Waals surface area contributed by atoms with Crippen molar-refractivity contribution in [1.82, 2.24) is 14.5 Å². The zero-order valence-corrected chi connectivity index (χ0v) is 16.3. The van der Waals surface area contributed by atoms with Crippen molar-refractivity contribution in [2.75, 3.05) is 5.75 Å². The number of amides is 1. The fraction of sp³-hybridized carbons (Fsp3) is 0.308.